The fraction of sp³-hybridized carbons (Fsp3) is 0.238. The SMILES string of the molecule is C=C/C=C\C1=C2C(=C\C)/CC=CC2C2=C1C=C=C=C2.CC. The second-order valence-electron chi connectivity index (χ2n) is 4.79. The van der Waals surface area contributed by atoms with Crippen molar-refractivity contribution >= 4 is 0 Å². The molecule has 0 aromatic rings. The molecule has 0 N–H and O–H groups in total. The maximum Gasteiger partial charge on any atom is 0.0291 e. The molecule has 0 amide bonds. The normalized spacial score (nSPS) is 23.6. The average molecular weight is 274 g/mol. The zero-order chi connectivity index (χ0) is 15.2. The Morgan fingerprint density at radius 2 is 2.00 bits per heavy atom. The number of hydrogen-bond acceptors (Lipinski definition) is 0. The quantitative estimate of drug-likeness (QED) is 0.341. The van der Waals surface area contributed by atoms with Gasteiger partial charge in [0.1, 0.15) is 0 Å². The topological polar surface area (TPSA) is 0 Å². The molecule has 0 saturated heterocycles. The van der Waals surface area contributed by atoms with Crippen LogP contribution in [0.2, 0.25) is 0 Å². The minimum absolute atomic E-state index is 0.380. The van der Waals surface area contributed by atoms with Gasteiger partial charge in [-0.2, -0.15) is 0 Å². The van der Waals surface area contributed by atoms with Crippen molar-refractivity contribution in [3.8, 4) is 0 Å². The van der Waals surface area contributed by atoms with Gasteiger partial charge in [0.05, 0.1) is 0 Å². The second kappa shape index (κ2) is 6.95. The molecule has 3 rings (SSSR count). The van der Waals surface area contributed by atoms with Crippen molar-refractivity contribution in [2.45, 2.75) is 27.2 Å². The van der Waals surface area contributed by atoms with Gasteiger partial charge < -0.3 is 0 Å². The zero-order valence-corrected chi connectivity index (χ0v) is 13.1. The van der Waals surface area contributed by atoms with E-state index in [9.17, 15) is 0 Å². The molecule has 1 unspecified atom stereocenters. The molecule has 0 radical (unpaired) electrons. The molecule has 0 nitrogen and oxygen atoms in total. The highest BCUT2D eigenvalue weighted by Crippen LogP contribution is 2.46. The molecule has 3 aliphatic carbocycles. The van der Waals surface area contributed by atoms with Crippen LogP contribution >= 0.6 is 0 Å². The van der Waals surface area contributed by atoms with Gasteiger partial charge >= 0.3 is 0 Å². The predicted molar refractivity (Wildman–Crippen MR) is 91.9 cm³/mol. The lowest BCUT2D eigenvalue weighted by atomic mass is 9.83. The van der Waals surface area contributed by atoms with E-state index in [1.165, 1.54) is 27.9 Å². The molecule has 0 heterocycles. The van der Waals surface area contributed by atoms with Gasteiger partial charge in [0.25, 0.3) is 0 Å². The summed E-state index contributed by atoms with van der Waals surface area (Å²) >= 11 is 0. The molecule has 3 aliphatic rings. The van der Waals surface area contributed by atoms with Gasteiger partial charge in [0.15, 0.2) is 0 Å². The minimum Gasteiger partial charge on any atom is -0.0991 e. The van der Waals surface area contributed by atoms with Crippen LogP contribution in [-0.4, -0.2) is 0 Å². The highest BCUT2D eigenvalue weighted by molar-refractivity contribution is 5.69. The fourth-order valence-electron chi connectivity index (χ4n) is 2.98. The molecule has 21 heavy (non-hydrogen) atoms. The highest BCUT2D eigenvalue weighted by Gasteiger charge is 2.32. The Hall–Kier alpha value is -2.26. The lowest BCUT2D eigenvalue weighted by molar-refractivity contribution is 0.895. The van der Waals surface area contributed by atoms with Crippen LogP contribution in [0.25, 0.3) is 0 Å². The van der Waals surface area contributed by atoms with Crippen molar-refractivity contribution in [2.75, 3.05) is 0 Å². The first-order valence-electron chi connectivity index (χ1n) is 7.64. The Morgan fingerprint density at radius 1 is 1.24 bits per heavy atom. The Labute approximate surface area is 128 Å². The molecule has 0 aromatic heterocycles. The van der Waals surface area contributed by atoms with Crippen LogP contribution in [0.4, 0.5) is 0 Å². The lowest BCUT2D eigenvalue weighted by Crippen LogP contribution is -2.07. The van der Waals surface area contributed by atoms with E-state index in [1.54, 1.807) is 0 Å². The second-order valence-corrected chi connectivity index (χ2v) is 4.79. The van der Waals surface area contributed by atoms with Crippen LogP contribution in [0.5, 0.6) is 0 Å². The summed E-state index contributed by atoms with van der Waals surface area (Å²) in [7, 11) is 0. The largest absolute Gasteiger partial charge is 0.0991 e. The monoisotopic (exact) mass is 274 g/mol. The lowest BCUT2D eigenvalue weighted by Gasteiger charge is -2.21. The summed E-state index contributed by atoms with van der Waals surface area (Å²) in [6.45, 7) is 9.89. The molecule has 0 aliphatic heterocycles. The van der Waals surface area contributed by atoms with Crippen LogP contribution < -0.4 is 0 Å². The van der Waals surface area contributed by atoms with Gasteiger partial charge in [-0.3, -0.25) is 0 Å². The van der Waals surface area contributed by atoms with E-state index in [1.807, 2.05) is 32.1 Å². The van der Waals surface area contributed by atoms with Crippen LogP contribution in [0, 0.1) is 5.92 Å². The standard InChI is InChI=1S/C19H16.C2H6/c1-3-5-10-17-15-11-6-7-12-16(15)18-13-8-9-14(4-2)19(17)18;1-2/h3-5,8,10-13,18H,1,9H2,2H3;1-2H3/b10-5-,14-4-;. The minimum atomic E-state index is 0.380. The van der Waals surface area contributed by atoms with Crippen LogP contribution in [0.1, 0.15) is 27.2 Å². The van der Waals surface area contributed by atoms with E-state index < -0.39 is 0 Å². The Bertz CT molecular complexity index is 686. The fourth-order valence-corrected chi connectivity index (χ4v) is 2.98. The number of allylic oxidation sites excluding steroid dienone is 13. The van der Waals surface area contributed by atoms with Gasteiger partial charge in [0, 0.05) is 5.92 Å². The summed E-state index contributed by atoms with van der Waals surface area (Å²) in [6, 6.07) is 0. The number of rotatable bonds is 2. The van der Waals surface area contributed by atoms with Crippen molar-refractivity contribution in [1.29, 1.82) is 0 Å². The first-order valence-corrected chi connectivity index (χ1v) is 7.64. The van der Waals surface area contributed by atoms with Crippen LogP contribution in [0.15, 0.2) is 94.5 Å². The van der Waals surface area contributed by atoms with Crippen molar-refractivity contribution in [1.82, 2.24) is 0 Å². The number of fused-ring (bicyclic) bond motifs is 2. The van der Waals surface area contributed by atoms with E-state index in [0.717, 1.165) is 6.42 Å². The summed E-state index contributed by atoms with van der Waals surface area (Å²) in [5.74, 6) is 0.380. The molecular formula is C21H22. The third kappa shape index (κ3) is 2.65. The summed E-state index contributed by atoms with van der Waals surface area (Å²) in [4.78, 5) is 0. The maximum atomic E-state index is 3.77. The van der Waals surface area contributed by atoms with Gasteiger partial charge in [-0.1, -0.05) is 68.3 Å². The Balaban J connectivity index is 0.000000774. The van der Waals surface area contributed by atoms with Gasteiger partial charge in [-0.25, -0.2) is 0 Å². The van der Waals surface area contributed by atoms with Crippen molar-refractivity contribution < 1.29 is 0 Å². The van der Waals surface area contributed by atoms with Crippen LogP contribution in [0.3, 0.4) is 0 Å². The van der Waals surface area contributed by atoms with E-state index in [4.69, 9.17) is 0 Å². The van der Waals surface area contributed by atoms with Crippen molar-refractivity contribution in [2.24, 2.45) is 5.92 Å². The molecule has 0 heteroatoms. The molecule has 0 saturated carbocycles. The molecule has 0 spiro atoms. The summed E-state index contributed by atoms with van der Waals surface area (Å²) in [5.41, 5.74) is 13.0. The molecule has 106 valence electrons. The van der Waals surface area contributed by atoms with Crippen LogP contribution in [-0.2, 0) is 0 Å². The predicted octanol–water partition coefficient (Wildman–Crippen LogP) is 5.76. The Kier molecular flexibility index (Phi) is 5.01. The van der Waals surface area contributed by atoms with E-state index in [0.29, 0.717) is 5.92 Å². The maximum absolute atomic E-state index is 3.77. The zero-order valence-electron chi connectivity index (χ0n) is 13.1. The van der Waals surface area contributed by atoms with E-state index in [-0.39, 0.29) is 0 Å². The first-order chi connectivity index (χ1) is 10.4. The molecule has 0 bridgehead atoms. The molecular weight excluding hydrogens is 252 g/mol. The third-order valence-corrected chi connectivity index (χ3v) is 3.82. The summed E-state index contributed by atoms with van der Waals surface area (Å²) in [5, 5.41) is 0. The Morgan fingerprint density at radius 3 is 2.71 bits per heavy atom. The summed E-state index contributed by atoms with van der Waals surface area (Å²) in [6.07, 6.45) is 17.9. The van der Waals surface area contributed by atoms with Gasteiger partial charge in [0.2, 0.25) is 0 Å². The first kappa shape index (κ1) is 15.1. The highest BCUT2D eigenvalue weighted by atomic mass is 14.3. The van der Waals surface area contributed by atoms with Crippen molar-refractivity contribution in [3.63, 3.8) is 0 Å². The van der Waals surface area contributed by atoms with Gasteiger partial charge in [-0.05, 0) is 53.4 Å². The van der Waals surface area contributed by atoms with E-state index >= 15 is 0 Å². The smallest absolute Gasteiger partial charge is 0.0291 e. The van der Waals surface area contributed by atoms with Gasteiger partial charge in [-0.15, -0.1) is 0 Å². The number of hydrogen-bond donors (Lipinski definition) is 0. The van der Waals surface area contributed by atoms with E-state index in [2.05, 4.69) is 55.3 Å². The van der Waals surface area contributed by atoms with Crippen molar-refractivity contribution in [3.05, 3.63) is 94.5 Å². The summed E-state index contributed by atoms with van der Waals surface area (Å²) < 4.78 is 0. The molecule has 0 fully saturated rings. The molecule has 0 aromatic carbocycles. The molecule has 1 atom stereocenters. The average Bonchev–Trinajstić information content (AvgIpc) is 2.89. The third-order valence-electron chi connectivity index (χ3n) is 3.82.